The third kappa shape index (κ3) is 1.29. The molecule has 0 aliphatic carbocycles. The van der Waals surface area contributed by atoms with Crippen LogP contribution in [0.3, 0.4) is 0 Å². The number of hydrogen-bond donors (Lipinski definition) is 0. The first-order valence-corrected chi connectivity index (χ1v) is 4.93. The molecule has 0 spiro atoms. The van der Waals surface area contributed by atoms with Crippen LogP contribution in [0.4, 0.5) is 0 Å². The van der Waals surface area contributed by atoms with Gasteiger partial charge in [-0.25, -0.2) is 0 Å². The molecule has 2 rings (SSSR count). The van der Waals surface area contributed by atoms with Crippen molar-refractivity contribution in [1.82, 2.24) is 4.98 Å². The number of benzene rings is 1. The van der Waals surface area contributed by atoms with Gasteiger partial charge in [0.1, 0.15) is 0 Å². The van der Waals surface area contributed by atoms with E-state index in [1.807, 2.05) is 6.20 Å². The summed E-state index contributed by atoms with van der Waals surface area (Å²) in [4.78, 5) is 4.48. The summed E-state index contributed by atoms with van der Waals surface area (Å²) in [6.07, 6.45) is 1.93. The Balaban J connectivity index is 2.91. The molecule has 0 atom stereocenters. The molecule has 0 aliphatic rings. The number of aromatic nitrogens is 1. The number of aryl methyl sites for hydroxylation is 3. The molecule has 0 radical (unpaired) electrons. The summed E-state index contributed by atoms with van der Waals surface area (Å²) in [7, 11) is 0. The normalized spacial score (nSPS) is 10.9. The maximum Gasteiger partial charge on any atom is 0.0734 e. The number of rotatable bonds is 0. The number of nitrogens with zero attached hydrogens (tertiary/aromatic N) is 1. The van der Waals surface area contributed by atoms with E-state index in [0.717, 1.165) is 5.52 Å². The van der Waals surface area contributed by atoms with Gasteiger partial charge in [-0.15, -0.1) is 0 Å². The molecule has 0 unspecified atom stereocenters. The quantitative estimate of drug-likeness (QED) is 0.612. The van der Waals surface area contributed by atoms with E-state index in [0.29, 0.717) is 0 Å². The summed E-state index contributed by atoms with van der Waals surface area (Å²) in [5.74, 6) is 0. The minimum Gasteiger partial charge on any atom is -0.256 e. The lowest BCUT2D eigenvalue weighted by Gasteiger charge is -2.08. The van der Waals surface area contributed by atoms with Crippen molar-refractivity contribution in [2.75, 3.05) is 0 Å². The van der Waals surface area contributed by atoms with Gasteiger partial charge >= 0.3 is 0 Å². The van der Waals surface area contributed by atoms with Gasteiger partial charge in [0.05, 0.1) is 5.52 Å². The van der Waals surface area contributed by atoms with Crippen molar-refractivity contribution < 1.29 is 0 Å². The zero-order chi connectivity index (χ0) is 10.3. The molecule has 0 N–H and O–H groups in total. The summed E-state index contributed by atoms with van der Waals surface area (Å²) in [6, 6.07) is 4.42. The molecular weight excluding hydrogens is 170 g/mol. The van der Waals surface area contributed by atoms with Crippen LogP contribution in [0.2, 0.25) is 0 Å². The topological polar surface area (TPSA) is 12.9 Å². The molecule has 0 saturated carbocycles. The average molecular weight is 185 g/mol. The molecule has 1 heterocycles. The van der Waals surface area contributed by atoms with Gasteiger partial charge < -0.3 is 0 Å². The molecule has 72 valence electrons. The summed E-state index contributed by atoms with van der Waals surface area (Å²) < 4.78 is 0. The second-order valence-electron chi connectivity index (χ2n) is 4.03. The summed E-state index contributed by atoms with van der Waals surface area (Å²) in [5, 5.41) is 1.26. The van der Waals surface area contributed by atoms with E-state index in [1.54, 1.807) is 0 Å². The van der Waals surface area contributed by atoms with Crippen molar-refractivity contribution in [3.8, 4) is 0 Å². The van der Waals surface area contributed by atoms with Crippen molar-refractivity contribution >= 4 is 10.9 Å². The van der Waals surface area contributed by atoms with Gasteiger partial charge in [0.25, 0.3) is 0 Å². The predicted octanol–water partition coefficient (Wildman–Crippen LogP) is 3.47. The predicted molar refractivity (Wildman–Crippen MR) is 60.7 cm³/mol. The Morgan fingerprint density at radius 3 is 2.36 bits per heavy atom. The number of hydrogen-bond acceptors (Lipinski definition) is 1. The van der Waals surface area contributed by atoms with Crippen LogP contribution in [-0.4, -0.2) is 4.98 Å². The van der Waals surface area contributed by atoms with Crippen molar-refractivity contribution in [2.45, 2.75) is 27.7 Å². The Hall–Kier alpha value is -1.37. The first-order valence-electron chi connectivity index (χ1n) is 4.93. The zero-order valence-corrected chi connectivity index (χ0v) is 9.18. The van der Waals surface area contributed by atoms with Crippen molar-refractivity contribution in [1.29, 1.82) is 0 Å². The molecule has 1 heteroatoms. The molecule has 2 aromatic rings. The fraction of sp³-hybridized carbons (Fsp3) is 0.308. The van der Waals surface area contributed by atoms with Gasteiger partial charge in [0, 0.05) is 11.6 Å². The number of pyridine rings is 1. The van der Waals surface area contributed by atoms with E-state index in [2.05, 4.69) is 44.8 Å². The standard InChI is InChI=1S/C13H15N/c1-8-5-12-6-9(2)10(3)11(4)13(12)14-7-8/h5-7H,1-4H3. The molecule has 0 saturated heterocycles. The minimum absolute atomic E-state index is 1.14. The van der Waals surface area contributed by atoms with Gasteiger partial charge in [-0.3, -0.25) is 4.98 Å². The second kappa shape index (κ2) is 3.09. The molecule has 1 nitrogen and oxygen atoms in total. The largest absolute Gasteiger partial charge is 0.256 e. The highest BCUT2D eigenvalue weighted by Crippen LogP contribution is 2.23. The van der Waals surface area contributed by atoms with E-state index < -0.39 is 0 Å². The number of fused-ring (bicyclic) bond motifs is 1. The Morgan fingerprint density at radius 1 is 0.929 bits per heavy atom. The van der Waals surface area contributed by atoms with E-state index in [9.17, 15) is 0 Å². The van der Waals surface area contributed by atoms with Crippen LogP contribution >= 0.6 is 0 Å². The van der Waals surface area contributed by atoms with E-state index in [1.165, 1.54) is 27.6 Å². The van der Waals surface area contributed by atoms with Crippen LogP contribution in [-0.2, 0) is 0 Å². The maximum atomic E-state index is 4.48. The summed E-state index contributed by atoms with van der Waals surface area (Å²) >= 11 is 0. The van der Waals surface area contributed by atoms with Crippen LogP contribution in [0.25, 0.3) is 10.9 Å². The lowest BCUT2D eigenvalue weighted by Crippen LogP contribution is -1.91. The van der Waals surface area contributed by atoms with E-state index in [4.69, 9.17) is 0 Å². The van der Waals surface area contributed by atoms with Gasteiger partial charge in [-0.1, -0.05) is 0 Å². The maximum absolute atomic E-state index is 4.48. The molecule has 0 fully saturated rings. The van der Waals surface area contributed by atoms with Gasteiger partial charge in [0.2, 0.25) is 0 Å². The summed E-state index contributed by atoms with van der Waals surface area (Å²) in [5.41, 5.74) is 6.37. The second-order valence-corrected chi connectivity index (χ2v) is 4.03. The summed E-state index contributed by atoms with van der Waals surface area (Å²) in [6.45, 7) is 8.54. The Kier molecular flexibility index (Phi) is 2.03. The molecular formula is C13H15N. The van der Waals surface area contributed by atoms with Crippen LogP contribution < -0.4 is 0 Å². The van der Waals surface area contributed by atoms with Crippen LogP contribution in [0.5, 0.6) is 0 Å². The minimum atomic E-state index is 1.14. The molecule has 0 bridgehead atoms. The fourth-order valence-corrected chi connectivity index (χ4v) is 1.83. The monoisotopic (exact) mass is 185 g/mol. The molecule has 1 aromatic carbocycles. The Labute approximate surface area is 84.8 Å². The van der Waals surface area contributed by atoms with Crippen LogP contribution in [0.1, 0.15) is 22.3 Å². The third-order valence-electron chi connectivity index (χ3n) is 2.94. The van der Waals surface area contributed by atoms with E-state index in [-0.39, 0.29) is 0 Å². The highest BCUT2D eigenvalue weighted by atomic mass is 14.7. The van der Waals surface area contributed by atoms with Crippen molar-refractivity contribution in [2.24, 2.45) is 0 Å². The van der Waals surface area contributed by atoms with Crippen molar-refractivity contribution in [3.05, 3.63) is 40.6 Å². The van der Waals surface area contributed by atoms with E-state index >= 15 is 0 Å². The first kappa shape index (κ1) is 9.20. The molecule has 0 amide bonds. The zero-order valence-electron chi connectivity index (χ0n) is 9.18. The lowest BCUT2D eigenvalue weighted by atomic mass is 9.99. The van der Waals surface area contributed by atoms with Gasteiger partial charge in [0.15, 0.2) is 0 Å². The fourth-order valence-electron chi connectivity index (χ4n) is 1.83. The van der Waals surface area contributed by atoms with Gasteiger partial charge in [-0.05, 0) is 62.1 Å². The SMILES string of the molecule is Cc1cnc2c(C)c(C)c(C)cc2c1. The van der Waals surface area contributed by atoms with Gasteiger partial charge in [-0.2, -0.15) is 0 Å². The average Bonchev–Trinajstić information content (AvgIpc) is 2.14. The van der Waals surface area contributed by atoms with Crippen LogP contribution in [0, 0.1) is 27.7 Å². The first-order chi connectivity index (χ1) is 6.59. The smallest absolute Gasteiger partial charge is 0.0734 e. The van der Waals surface area contributed by atoms with Crippen molar-refractivity contribution in [3.63, 3.8) is 0 Å². The molecule has 1 aromatic heterocycles. The molecule has 14 heavy (non-hydrogen) atoms. The highest BCUT2D eigenvalue weighted by Gasteiger charge is 2.04. The van der Waals surface area contributed by atoms with Crippen LogP contribution in [0.15, 0.2) is 18.3 Å². The molecule has 0 aliphatic heterocycles. The Morgan fingerprint density at radius 2 is 1.64 bits per heavy atom. The highest BCUT2D eigenvalue weighted by molar-refractivity contribution is 5.84. The third-order valence-corrected chi connectivity index (χ3v) is 2.94. The Bertz CT molecular complexity index is 498. The lowest BCUT2D eigenvalue weighted by molar-refractivity contribution is 1.25.